The molecule has 0 aliphatic carbocycles. The lowest BCUT2D eigenvalue weighted by atomic mass is 10.1. The summed E-state index contributed by atoms with van der Waals surface area (Å²) in [6.45, 7) is 3.46. The van der Waals surface area contributed by atoms with Crippen molar-refractivity contribution in [2.45, 2.75) is 193 Å². The number of aliphatic hydroxyl groups excluding tert-OH is 2. The number of aliphatic hydroxyl groups is 2. The number of carbonyl (C=O) groups is 1. The Kier molecular flexibility index (Phi) is 36.9. The number of phosphoric ester groups is 1. The normalized spacial score (nSPS) is 14.4. The quantitative estimate of drug-likeness (QED) is 0.0244. The van der Waals surface area contributed by atoms with Crippen LogP contribution in [0.1, 0.15) is 181 Å². The van der Waals surface area contributed by atoms with E-state index in [0.29, 0.717) is 6.61 Å². The zero-order chi connectivity index (χ0) is 36.8. The Labute approximate surface area is 306 Å². The molecule has 0 fully saturated rings. The van der Waals surface area contributed by atoms with Gasteiger partial charge in [-0.25, -0.2) is 4.57 Å². The minimum absolute atomic E-state index is 0.0497. The molecular formula is C40H77O9P. The lowest BCUT2D eigenvalue weighted by molar-refractivity contribution is -0.154. The summed E-state index contributed by atoms with van der Waals surface area (Å²) in [6, 6.07) is 0. The molecule has 9 nitrogen and oxygen atoms in total. The van der Waals surface area contributed by atoms with Crippen LogP contribution in [0.15, 0.2) is 24.3 Å². The summed E-state index contributed by atoms with van der Waals surface area (Å²) >= 11 is 0. The van der Waals surface area contributed by atoms with Crippen LogP contribution in [0.25, 0.3) is 0 Å². The van der Waals surface area contributed by atoms with E-state index in [9.17, 15) is 19.4 Å². The van der Waals surface area contributed by atoms with Crippen molar-refractivity contribution in [3.8, 4) is 0 Å². The van der Waals surface area contributed by atoms with Crippen molar-refractivity contribution in [2.75, 3.05) is 33.0 Å². The summed E-state index contributed by atoms with van der Waals surface area (Å²) in [5.41, 5.74) is 0. The van der Waals surface area contributed by atoms with Gasteiger partial charge in [-0.05, 0) is 44.9 Å². The molecule has 3 N–H and O–H groups in total. The van der Waals surface area contributed by atoms with E-state index in [1.165, 1.54) is 116 Å². The summed E-state index contributed by atoms with van der Waals surface area (Å²) in [6.07, 6.45) is 37.3. The first-order chi connectivity index (χ1) is 24.3. The predicted molar refractivity (Wildman–Crippen MR) is 205 cm³/mol. The lowest BCUT2D eigenvalue weighted by Crippen LogP contribution is -2.29. The lowest BCUT2D eigenvalue weighted by Gasteiger charge is -2.20. The number of allylic oxidation sites excluding steroid dienone is 4. The van der Waals surface area contributed by atoms with E-state index in [1.807, 2.05) is 0 Å². The van der Waals surface area contributed by atoms with Crippen molar-refractivity contribution in [2.24, 2.45) is 0 Å². The molecule has 0 amide bonds. The molecule has 0 aliphatic heterocycles. The number of hydrogen-bond acceptors (Lipinski definition) is 8. The SMILES string of the molecule is CCCCCCC/C=C\C/C=C\CCCCCCCCCCCCOCC(COP(=O)(O)OCC(O)CO)OC(=O)CCCCCCCCC. The van der Waals surface area contributed by atoms with Crippen molar-refractivity contribution in [1.29, 1.82) is 0 Å². The Morgan fingerprint density at radius 2 is 1.08 bits per heavy atom. The van der Waals surface area contributed by atoms with Crippen LogP contribution >= 0.6 is 7.82 Å². The number of unbranched alkanes of at least 4 members (excludes halogenated alkanes) is 21. The zero-order valence-corrected chi connectivity index (χ0v) is 33.0. The molecule has 0 aromatic rings. The van der Waals surface area contributed by atoms with Crippen LogP contribution in [0.3, 0.4) is 0 Å². The summed E-state index contributed by atoms with van der Waals surface area (Å²) < 4.78 is 33.1. The molecule has 50 heavy (non-hydrogen) atoms. The Balaban J connectivity index is 4.00. The first kappa shape index (κ1) is 48.9. The van der Waals surface area contributed by atoms with Gasteiger partial charge < -0.3 is 24.6 Å². The van der Waals surface area contributed by atoms with E-state index in [2.05, 4.69) is 38.2 Å². The van der Waals surface area contributed by atoms with Crippen LogP contribution in [0.5, 0.6) is 0 Å². The van der Waals surface area contributed by atoms with Crippen LogP contribution in [-0.2, 0) is 27.9 Å². The molecule has 3 atom stereocenters. The fraction of sp³-hybridized carbons (Fsp3) is 0.875. The molecule has 0 radical (unpaired) electrons. The molecule has 0 spiro atoms. The summed E-state index contributed by atoms with van der Waals surface area (Å²) in [7, 11) is -4.50. The second kappa shape index (κ2) is 37.7. The van der Waals surface area contributed by atoms with Gasteiger partial charge in [0.25, 0.3) is 0 Å². The number of ether oxygens (including phenoxy) is 2. The first-order valence-corrected chi connectivity index (χ1v) is 21.8. The molecule has 10 heteroatoms. The van der Waals surface area contributed by atoms with E-state index in [-0.39, 0.29) is 25.6 Å². The van der Waals surface area contributed by atoms with Crippen LogP contribution < -0.4 is 0 Å². The largest absolute Gasteiger partial charge is 0.472 e. The summed E-state index contributed by atoms with van der Waals surface area (Å²) in [5, 5.41) is 18.3. The molecule has 0 heterocycles. The highest BCUT2D eigenvalue weighted by atomic mass is 31.2. The van der Waals surface area contributed by atoms with Crippen LogP contribution in [0.2, 0.25) is 0 Å². The predicted octanol–water partition coefficient (Wildman–Crippen LogP) is 10.7. The molecule has 0 aromatic heterocycles. The van der Waals surface area contributed by atoms with Crippen LogP contribution in [-0.4, -0.2) is 66.3 Å². The number of esters is 1. The Morgan fingerprint density at radius 1 is 0.620 bits per heavy atom. The third-order valence-electron chi connectivity index (χ3n) is 8.64. The second-order valence-electron chi connectivity index (χ2n) is 13.7. The van der Waals surface area contributed by atoms with E-state index < -0.39 is 33.2 Å². The van der Waals surface area contributed by atoms with Gasteiger partial charge in [-0.3, -0.25) is 13.8 Å². The topological polar surface area (TPSA) is 132 Å². The van der Waals surface area contributed by atoms with Gasteiger partial charge in [-0.15, -0.1) is 0 Å². The maximum atomic E-state index is 12.4. The minimum Gasteiger partial charge on any atom is -0.457 e. The molecule has 0 aliphatic rings. The third kappa shape index (κ3) is 36.7. The van der Waals surface area contributed by atoms with Gasteiger partial charge in [0.1, 0.15) is 12.2 Å². The zero-order valence-electron chi connectivity index (χ0n) is 32.1. The standard InChI is InChI=1S/C40H77O9P/c1-3-5-7-9-11-12-13-14-15-16-17-18-19-20-21-22-23-24-25-27-29-31-33-46-36-39(37-48-50(44,45)47-35-38(42)34-41)49-40(43)32-30-28-26-10-8-6-4-2/h13-14,16-17,38-39,41-42H,3-12,15,18-37H2,1-2H3,(H,44,45)/b14-13-,17-16-. The number of phosphoric acid groups is 1. The summed E-state index contributed by atoms with van der Waals surface area (Å²) in [4.78, 5) is 22.3. The Bertz CT molecular complexity index is 836. The fourth-order valence-corrected chi connectivity index (χ4v) is 6.29. The van der Waals surface area contributed by atoms with E-state index in [4.69, 9.17) is 23.6 Å². The smallest absolute Gasteiger partial charge is 0.457 e. The molecule has 3 unspecified atom stereocenters. The van der Waals surface area contributed by atoms with Crippen molar-refractivity contribution in [3.05, 3.63) is 24.3 Å². The highest BCUT2D eigenvalue weighted by Crippen LogP contribution is 2.43. The summed E-state index contributed by atoms with van der Waals surface area (Å²) in [5.74, 6) is -0.390. The maximum Gasteiger partial charge on any atom is 0.472 e. The van der Waals surface area contributed by atoms with Gasteiger partial charge in [0, 0.05) is 13.0 Å². The Hall–Kier alpha value is -1.06. The Morgan fingerprint density at radius 3 is 1.60 bits per heavy atom. The average molecular weight is 733 g/mol. The maximum absolute atomic E-state index is 12.4. The number of rotatable bonds is 39. The van der Waals surface area contributed by atoms with E-state index in [0.717, 1.165) is 44.9 Å². The van der Waals surface area contributed by atoms with Gasteiger partial charge in [0.2, 0.25) is 0 Å². The molecule has 0 saturated carbocycles. The minimum atomic E-state index is -4.50. The van der Waals surface area contributed by atoms with Gasteiger partial charge in [-0.2, -0.15) is 0 Å². The molecule has 0 saturated heterocycles. The highest BCUT2D eigenvalue weighted by molar-refractivity contribution is 7.47. The fourth-order valence-electron chi connectivity index (χ4n) is 5.50. The van der Waals surface area contributed by atoms with Gasteiger partial charge >= 0.3 is 13.8 Å². The number of hydrogen-bond donors (Lipinski definition) is 3. The molecule has 0 aromatic carbocycles. The highest BCUT2D eigenvalue weighted by Gasteiger charge is 2.26. The van der Waals surface area contributed by atoms with Crippen molar-refractivity contribution in [1.82, 2.24) is 0 Å². The van der Waals surface area contributed by atoms with Crippen molar-refractivity contribution >= 4 is 13.8 Å². The molecule has 0 rings (SSSR count). The van der Waals surface area contributed by atoms with Crippen LogP contribution in [0, 0.1) is 0 Å². The van der Waals surface area contributed by atoms with Crippen molar-refractivity contribution < 1.29 is 43.0 Å². The average Bonchev–Trinajstić information content (AvgIpc) is 3.10. The van der Waals surface area contributed by atoms with E-state index in [1.54, 1.807) is 0 Å². The van der Waals surface area contributed by atoms with E-state index >= 15 is 0 Å². The van der Waals surface area contributed by atoms with Gasteiger partial charge in [-0.1, -0.05) is 154 Å². The van der Waals surface area contributed by atoms with Gasteiger partial charge in [0.05, 0.1) is 26.4 Å². The van der Waals surface area contributed by atoms with Gasteiger partial charge in [0.15, 0.2) is 0 Å². The second-order valence-corrected chi connectivity index (χ2v) is 15.1. The number of carbonyl (C=O) groups excluding carboxylic acids is 1. The molecular weight excluding hydrogens is 655 g/mol. The third-order valence-corrected chi connectivity index (χ3v) is 9.59. The monoisotopic (exact) mass is 733 g/mol. The first-order valence-electron chi connectivity index (χ1n) is 20.3. The molecule has 296 valence electrons. The van der Waals surface area contributed by atoms with Crippen LogP contribution in [0.4, 0.5) is 0 Å². The molecule has 0 bridgehead atoms. The van der Waals surface area contributed by atoms with Crippen molar-refractivity contribution in [3.63, 3.8) is 0 Å².